The molecule has 2 aliphatic heterocycles. The smallest absolute Gasteiger partial charge is 0.162 e. The lowest BCUT2D eigenvalue weighted by Crippen LogP contribution is -2.43. The number of hydrogen-bond acceptors (Lipinski definition) is 4. The van der Waals surface area contributed by atoms with E-state index in [1.807, 2.05) is 0 Å². The van der Waals surface area contributed by atoms with E-state index in [1.165, 1.54) is 77.0 Å². The topological polar surface area (TPSA) is 50.9 Å². The number of rotatable bonds is 16. The van der Waals surface area contributed by atoms with Crippen molar-refractivity contribution < 1.29 is 14.3 Å². The minimum atomic E-state index is -0.195. The van der Waals surface area contributed by atoms with Crippen molar-refractivity contribution in [1.82, 2.24) is 5.32 Å². The molecule has 0 radical (unpaired) electrons. The van der Waals surface area contributed by atoms with E-state index in [0.29, 0.717) is 31.8 Å². The second-order valence-electron chi connectivity index (χ2n) is 8.11. The summed E-state index contributed by atoms with van der Waals surface area (Å²) in [5.74, 6) is 0.279. The number of ether oxygens (including phenoxy) is 2. The molecule has 0 saturated carbocycles. The molecule has 0 amide bonds. The maximum Gasteiger partial charge on any atom is 0.162 e. The van der Waals surface area contributed by atoms with Crippen molar-refractivity contribution in [3.05, 3.63) is 0 Å². The summed E-state index contributed by atoms with van der Waals surface area (Å²) in [4.78, 5) is 12.0. The van der Waals surface area contributed by atoms with Crippen LogP contribution in [0.3, 0.4) is 0 Å². The fraction of sp³-hybridized carbons (Fsp3) is 0.955. The monoisotopic (exact) mass is 367 g/mol. The van der Waals surface area contributed by atoms with Gasteiger partial charge in [-0.25, -0.2) is 0 Å². The lowest BCUT2D eigenvalue weighted by atomic mass is 10.0. The maximum atomic E-state index is 12.0. The molecule has 0 bridgehead atoms. The number of epoxide rings is 1. The predicted octanol–water partition coefficient (Wildman–Crippen LogP) is 4.79. The van der Waals surface area contributed by atoms with Gasteiger partial charge in [0.2, 0.25) is 0 Å². The number of nitrogens with one attached hydrogen (secondary N) is 1. The number of carbonyl (C=O) groups excluding carboxylic acids is 1. The lowest BCUT2D eigenvalue weighted by Gasteiger charge is -2.22. The normalized spacial score (nSPS) is 25.3. The highest BCUT2D eigenvalue weighted by Gasteiger charge is 2.36. The van der Waals surface area contributed by atoms with Crippen LogP contribution in [0.5, 0.6) is 0 Å². The SMILES string of the molecule is CCCCCCCCC1OC1CCCCCCCC(=O)C1CNCCO1. The Labute approximate surface area is 160 Å². The summed E-state index contributed by atoms with van der Waals surface area (Å²) in [5, 5.41) is 3.22. The summed E-state index contributed by atoms with van der Waals surface area (Å²) >= 11 is 0. The van der Waals surface area contributed by atoms with Crippen molar-refractivity contribution >= 4 is 5.78 Å². The van der Waals surface area contributed by atoms with Gasteiger partial charge < -0.3 is 14.8 Å². The van der Waals surface area contributed by atoms with Crippen LogP contribution in [0.25, 0.3) is 0 Å². The van der Waals surface area contributed by atoms with Crippen LogP contribution in [0.4, 0.5) is 0 Å². The number of Topliss-reactive ketones (excluding diaryl/α,β-unsaturated/α-hetero) is 1. The zero-order valence-corrected chi connectivity index (χ0v) is 17.0. The Morgan fingerprint density at radius 2 is 1.50 bits per heavy atom. The van der Waals surface area contributed by atoms with Crippen molar-refractivity contribution in [3.8, 4) is 0 Å². The first-order valence-electron chi connectivity index (χ1n) is 11.3. The standard InChI is InChI=1S/C22H41NO3/c1-2-3-4-5-8-11-14-20-21(26-20)15-12-9-6-7-10-13-19(24)22-18-23-16-17-25-22/h20-23H,2-18H2,1H3. The number of hydrogen-bond donors (Lipinski definition) is 1. The molecule has 2 aliphatic rings. The summed E-state index contributed by atoms with van der Waals surface area (Å²) < 4.78 is 11.3. The van der Waals surface area contributed by atoms with Crippen molar-refractivity contribution in [1.29, 1.82) is 0 Å². The second kappa shape index (κ2) is 13.7. The zero-order chi connectivity index (χ0) is 18.5. The fourth-order valence-corrected chi connectivity index (χ4v) is 3.92. The van der Waals surface area contributed by atoms with Crippen molar-refractivity contribution in [2.75, 3.05) is 19.7 Å². The molecule has 152 valence electrons. The van der Waals surface area contributed by atoms with Crippen molar-refractivity contribution in [2.45, 2.75) is 115 Å². The molecule has 2 rings (SSSR count). The van der Waals surface area contributed by atoms with Gasteiger partial charge in [0.15, 0.2) is 5.78 Å². The number of unbranched alkanes of at least 4 members (excludes halogenated alkanes) is 9. The average Bonchev–Trinajstić information content (AvgIpc) is 3.42. The van der Waals surface area contributed by atoms with Crippen LogP contribution in [0, 0.1) is 0 Å². The molecular formula is C22H41NO3. The average molecular weight is 368 g/mol. The molecule has 4 heteroatoms. The summed E-state index contributed by atoms with van der Waals surface area (Å²) in [7, 11) is 0. The molecule has 3 unspecified atom stereocenters. The molecule has 2 heterocycles. The molecule has 0 spiro atoms. The first-order chi connectivity index (χ1) is 12.8. The maximum absolute atomic E-state index is 12.0. The Morgan fingerprint density at radius 3 is 2.12 bits per heavy atom. The molecule has 2 saturated heterocycles. The molecule has 1 N–H and O–H groups in total. The third kappa shape index (κ3) is 9.48. The molecule has 0 aromatic carbocycles. The van der Waals surface area contributed by atoms with E-state index < -0.39 is 0 Å². The number of carbonyl (C=O) groups is 1. The molecule has 3 atom stereocenters. The third-order valence-electron chi connectivity index (χ3n) is 5.73. The molecule has 2 fully saturated rings. The summed E-state index contributed by atoms with van der Waals surface area (Å²) in [6.45, 7) is 4.50. The van der Waals surface area contributed by atoms with Gasteiger partial charge in [0.1, 0.15) is 6.10 Å². The highest BCUT2D eigenvalue weighted by molar-refractivity contribution is 5.83. The number of morpholine rings is 1. The molecule has 0 aromatic heterocycles. The Balaban J connectivity index is 1.32. The van der Waals surface area contributed by atoms with E-state index in [2.05, 4.69) is 12.2 Å². The van der Waals surface area contributed by atoms with Crippen LogP contribution in [-0.2, 0) is 14.3 Å². The molecule has 4 nitrogen and oxygen atoms in total. The van der Waals surface area contributed by atoms with E-state index in [0.717, 1.165) is 13.0 Å². The van der Waals surface area contributed by atoms with E-state index in [4.69, 9.17) is 9.47 Å². The summed E-state index contributed by atoms with van der Waals surface area (Å²) in [6.07, 6.45) is 18.4. The fourth-order valence-electron chi connectivity index (χ4n) is 3.92. The Kier molecular flexibility index (Phi) is 11.5. The van der Waals surface area contributed by atoms with Crippen LogP contribution in [0.15, 0.2) is 0 Å². The highest BCUT2D eigenvalue weighted by atomic mass is 16.6. The Bertz CT molecular complexity index is 368. The minimum absolute atomic E-state index is 0.195. The Morgan fingerprint density at radius 1 is 0.885 bits per heavy atom. The van der Waals surface area contributed by atoms with Crippen molar-refractivity contribution in [2.24, 2.45) is 0 Å². The van der Waals surface area contributed by atoms with Gasteiger partial charge in [-0.05, 0) is 19.3 Å². The van der Waals surface area contributed by atoms with E-state index >= 15 is 0 Å². The van der Waals surface area contributed by atoms with Crippen LogP contribution in [-0.4, -0.2) is 43.8 Å². The van der Waals surface area contributed by atoms with Gasteiger partial charge in [0, 0.05) is 19.5 Å². The molecular weight excluding hydrogens is 326 g/mol. The van der Waals surface area contributed by atoms with Gasteiger partial charge in [-0.15, -0.1) is 0 Å². The first kappa shape index (κ1) is 21.8. The molecule has 26 heavy (non-hydrogen) atoms. The van der Waals surface area contributed by atoms with Crippen LogP contribution in [0.2, 0.25) is 0 Å². The van der Waals surface area contributed by atoms with Gasteiger partial charge in [0.05, 0.1) is 18.8 Å². The van der Waals surface area contributed by atoms with Gasteiger partial charge >= 0.3 is 0 Å². The highest BCUT2D eigenvalue weighted by Crippen LogP contribution is 2.31. The second-order valence-corrected chi connectivity index (χ2v) is 8.11. The first-order valence-corrected chi connectivity index (χ1v) is 11.3. The predicted molar refractivity (Wildman–Crippen MR) is 107 cm³/mol. The summed E-state index contributed by atoms with van der Waals surface area (Å²) in [6, 6.07) is 0. The van der Waals surface area contributed by atoms with Crippen LogP contribution < -0.4 is 5.32 Å². The minimum Gasteiger partial charge on any atom is -0.370 e. The van der Waals surface area contributed by atoms with E-state index in [9.17, 15) is 4.79 Å². The van der Waals surface area contributed by atoms with E-state index in [-0.39, 0.29) is 11.9 Å². The largest absolute Gasteiger partial charge is 0.370 e. The van der Waals surface area contributed by atoms with Gasteiger partial charge in [0.25, 0.3) is 0 Å². The van der Waals surface area contributed by atoms with Crippen LogP contribution >= 0.6 is 0 Å². The zero-order valence-electron chi connectivity index (χ0n) is 17.0. The molecule has 0 aliphatic carbocycles. The quantitative estimate of drug-likeness (QED) is 0.315. The van der Waals surface area contributed by atoms with Gasteiger partial charge in [-0.1, -0.05) is 71.1 Å². The lowest BCUT2D eigenvalue weighted by molar-refractivity contribution is -0.132. The Hall–Kier alpha value is -0.450. The van der Waals surface area contributed by atoms with Gasteiger partial charge in [-0.2, -0.15) is 0 Å². The summed E-state index contributed by atoms with van der Waals surface area (Å²) in [5.41, 5.74) is 0. The number of ketones is 1. The van der Waals surface area contributed by atoms with E-state index in [1.54, 1.807) is 0 Å². The van der Waals surface area contributed by atoms with Crippen LogP contribution in [0.1, 0.15) is 96.8 Å². The van der Waals surface area contributed by atoms with Gasteiger partial charge in [-0.3, -0.25) is 4.79 Å². The van der Waals surface area contributed by atoms with Crippen molar-refractivity contribution in [3.63, 3.8) is 0 Å². The molecule has 0 aromatic rings. The third-order valence-corrected chi connectivity index (χ3v) is 5.73.